The van der Waals surface area contributed by atoms with E-state index in [0.29, 0.717) is 0 Å². The van der Waals surface area contributed by atoms with E-state index in [9.17, 15) is 0 Å². The van der Waals surface area contributed by atoms with Crippen LogP contribution >= 0.6 is 0 Å². The molecule has 3 N–H and O–H groups in total. The molecule has 3 aromatic rings. The van der Waals surface area contributed by atoms with Crippen molar-refractivity contribution in [2.24, 2.45) is 4.99 Å². The van der Waals surface area contributed by atoms with Gasteiger partial charge >= 0.3 is 0 Å². The van der Waals surface area contributed by atoms with Crippen molar-refractivity contribution in [2.75, 3.05) is 13.6 Å². The lowest BCUT2D eigenvalue weighted by atomic mass is 10.1. The highest BCUT2D eigenvalue weighted by atomic mass is 15.2. The fourth-order valence-electron chi connectivity index (χ4n) is 2.83. The molecular formula is C20H24N4. The largest absolute Gasteiger partial charge is 0.361 e. The monoisotopic (exact) mass is 320 g/mol. The van der Waals surface area contributed by atoms with Crippen LogP contribution in [0.4, 0.5) is 0 Å². The number of H-pyrrole nitrogens is 1. The Morgan fingerprint density at radius 1 is 1.00 bits per heavy atom. The highest BCUT2D eigenvalue weighted by molar-refractivity contribution is 5.83. The van der Waals surface area contributed by atoms with E-state index in [1.165, 1.54) is 22.0 Å². The lowest BCUT2D eigenvalue weighted by molar-refractivity contribution is 0.744. The molecule has 0 bridgehead atoms. The van der Waals surface area contributed by atoms with Gasteiger partial charge in [-0.1, -0.05) is 48.5 Å². The topological polar surface area (TPSA) is 52.2 Å². The molecule has 0 radical (unpaired) electrons. The van der Waals surface area contributed by atoms with Crippen LogP contribution in [0.15, 0.2) is 65.8 Å². The van der Waals surface area contributed by atoms with Gasteiger partial charge < -0.3 is 15.6 Å². The number of aliphatic imine (C=N–C) groups is 1. The average molecular weight is 320 g/mol. The predicted molar refractivity (Wildman–Crippen MR) is 101 cm³/mol. The number of aromatic nitrogens is 1. The number of aryl methyl sites for hydroxylation is 1. The fraction of sp³-hybridized carbons (Fsp3) is 0.250. The van der Waals surface area contributed by atoms with E-state index in [2.05, 4.69) is 75.3 Å². The molecule has 0 spiro atoms. The molecule has 2 aromatic carbocycles. The van der Waals surface area contributed by atoms with Crippen LogP contribution in [0.2, 0.25) is 0 Å². The standard InChI is InChI=1S/C20H24N4/c1-21-20(24-14-16-8-3-2-4-9-16)22-13-7-10-17-15-23-19-12-6-5-11-18(17)19/h2-6,8-9,11-12,15,23H,7,10,13-14H2,1H3,(H2,21,22,24). The molecule has 0 aliphatic rings. The van der Waals surface area contributed by atoms with Gasteiger partial charge in [-0.25, -0.2) is 0 Å². The first-order valence-corrected chi connectivity index (χ1v) is 8.40. The molecule has 1 heterocycles. The molecule has 0 unspecified atom stereocenters. The van der Waals surface area contributed by atoms with E-state index in [1.807, 2.05) is 6.07 Å². The Morgan fingerprint density at radius 2 is 1.79 bits per heavy atom. The quantitative estimate of drug-likeness (QED) is 0.370. The van der Waals surface area contributed by atoms with Crippen LogP contribution in [-0.4, -0.2) is 24.5 Å². The van der Waals surface area contributed by atoms with Crippen molar-refractivity contribution in [3.63, 3.8) is 0 Å². The highest BCUT2D eigenvalue weighted by Gasteiger charge is 2.03. The number of nitrogens with zero attached hydrogens (tertiary/aromatic N) is 1. The van der Waals surface area contributed by atoms with Gasteiger partial charge in [0.25, 0.3) is 0 Å². The Kier molecular flexibility index (Phi) is 5.51. The third-order valence-electron chi connectivity index (χ3n) is 4.12. The summed E-state index contributed by atoms with van der Waals surface area (Å²) >= 11 is 0. The zero-order valence-electron chi connectivity index (χ0n) is 14.0. The van der Waals surface area contributed by atoms with Crippen LogP contribution in [0.25, 0.3) is 10.9 Å². The molecule has 0 saturated heterocycles. The highest BCUT2D eigenvalue weighted by Crippen LogP contribution is 2.18. The molecule has 0 fully saturated rings. The van der Waals surface area contributed by atoms with Gasteiger partial charge in [-0.2, -0.15) is 0 Å². The Labute approximate surface area is 143 Å². The summed E-state index contributed by atoms with van der Waals surface area (Å²) in [5.41, 5.74) is 3.83. The summed E-state index contributed by atoms with van der Waals surface area (Å²) in [4.78, 5) is 7.61. The molecule has 124 valence electrons. The lowest BCUT2D eigenvalue weighted by Gasteiger charge is -2.11. The molecular weight excluding hydrogens is 296 g/mol. The van der Waals surface area contributed by atoms with Gasteiger partial charge in [0.05, 0.1) is 0 Å². The van der Waals surface area contributed by atoms with Gasteiger partial charge in [-0.3, -0.25) is 4.99 Å². The molecule has 3 rings (SSSR count). The lowest BCUT2D eigenvalue weighted by Crippen LogP contribution is -2.37. The van der Waals surface area contributed by atoms with Gasteiger partial charge in [0.1, 0.15) is 0 Å². The first kappa shape index (κ1) is 16.1. The van der Waals surface area contributed by atoms with E-state index >= 15 is 0 Å². The van der Waals surface area contributed by atoms with Gasteiger partial charge in [0.15, 0.2) is 5.96 Å². The van der Waals surface area contributed by atoms with Crippen molar-refractivity contribution in [1.82, 2.24) is 15.6 Å². The fourth-order valence-corrected chi connectivity index (χ4v) is 2.83. The molecule has 0 aliphatic heterocycles. The Bertz CT molecular complexity index is 790. The number of hydrogen-bond donors (Lipinski definition) is 3. The first-order chi connectivity index (χ1) is 11.9. The number of para-hydroxylation sites is 1. The van der Waals surface area contributed by atoms with E-state index in [-0.39, 0.29) is 0 Å². The van der Waals surface area contributed by atoms with Crippen LogP contribution in [0.1, 0.15) is 17.5 Å². The third kappa shape index (κ3) is 4.16. The summed E-state index contributed by atoms with van der Waals surface area (Å²) in [5.74, 6) is 0.845. The number of hydrogen-bond acceptors (Lipinski definition) is 1. The summed E-state index contributed by atoms with van der Waals surface area (Å²) in [7, 11) is 1.81. The van der Waals surface area contributed by atoms with Crippen molar-refractivity contribution in [1.29, 1.82) is 0 Å². The predicted octanol–water partition coefficient (Wildman–Crippen LogP) is 3.47. The molecule has 1 aromatic heterocycles. The number of aromatic amines is 1. The Balaban J connectivity index is 1.43. The van der Waals surface area contributed by atoms with Crippen LogP contribution in [0.5, 0.6) is 0 Å². The molecule has 4 heteroatoms. The summed E-state index contributed by atoms with van der Waals surface area (Å²) in [6.45, 7) is 1.68. The number of guanidine groups is 1. The van der Waals surface area contributed by atoms with Gasteiger partial charge in [-0.15, -0.1) is 0 Å². The summed E-state index contributed by atoms with van der Waals surface area (Å²) in [6, 6.07) is 18.8. The summed E-state index contributed by atoms with van der Waals surface area (Å²) in [6.07, 6.45) is 4.23. The van der Waals surface area contributed by atoms with Gasteiger partial charge in [0.2, 0.25) is 0 Å². The summed E-state index contributed by atoms with van der Waals surface area (Å²) < 4.78 is 0. The van der Waals surface area contributed by atoms with Crippen LogP contribution in [0.3, 0.4) is 0 Å². The second-order valence-corrected chi connectivity index (χ2v) is 5.80. The average Bonchev–Trinajstić information content (AvgIpc) is 3.05. The minimum absolute atomic E-state index is 0.781. The van der Waals surface area contributed by atoms with E-state index in [0.717, 1.165) is 31.9 Å². The Morgan fingerprint density at radius 3 is 2.62 bits per heavy atom. The zero-order valence-corrected chi connectivity index (χ0v) is 14.0. The van der Waals surface area contributed by atoms with Crippen molar-refractivity contribution in [2.45, 2.75) is 19.4 Å². The number of benzene rings is 2. The second kappa shape index (κ2) is 8.20. The van der Waals surface area contributed by atoms with Crippen LogP contribution < -0.4 is 10.6 Å². The minimum atomic E-state index is 0.781. The molecule has 4 nitrogen and oxygen atoms in total. The normalized spacial score (nSPS) is 11.6. The molecule has 0 aliphatic carbocycles. The van der Waals surface area contributed by atoms with Crippen molar-refractivity contribution < 1.29 is 0 Å². The second-order valence-electron chi connectivity index (χ2n) is 5.80. The number of fused-ring (bicyclic) bond motifs is 1. The first-order valence-electron chi connectivity index (χ1n) is 8.40. The molecule has 0 amide bonds. The van der Waals surface area contributed by atoms with E-state index in [4.69, 9.17) is 0 Å². The number of nitrogens with one attached hydrogen (secondary N) is 3. The maximum Gasteiger partial charge on any atom is 0.191 e. The zero-order chi connectivity index (χ0) is 16.6. The smallest absolute Gasteiger partial charge is 0.191 e. The minimum Gasteiger partial charge on any atom is -0.361 e. The molecule has 24 heavy (non-hydrogen) atoms. The molecule has 0 atom stereocenters. The third-order valence-corrected chi connectivity index (χ3v) is 4.12. The van der Waals surface area contributed by atoms with Crippen molar-refractivity contribution in [3.05, 3.63) is 71.9 Å². The maximum absolute atomic E-state index is 4.28. The number of rotatable bonds is 6. The van der Waals surface area contributed by atoms with Crippen molar-refractivity contribution >= 4 is 16.9 Å². The maximum atomic E-state index is 4.28. The van der Waals surface area contributed by atoms with E-state index in [1.54, 1.807) is 7.05 Å². The van der Waals surface area contributed by atoms with Gasteiger partial charge in [0, 0.05) is 37.2 Å². The van der Waals surface area contributed by atoms with Gasteiger partial charge in [-0.05, 0) is 30.0 Å². The van der Waals surface area contributed by atoms with Crippen molar-refractivity contribution in [3.8, 4) is 0 Å². The van der Waals surface area contributed by atoms with Crippen LogP contribution in [-0.2, 0) is 13.0 Å². The SMILES string of the molecule is CN=C(NCCCc1c[nH]c2ccccc12)NCc1ccccc1. The molecule has 0 saturated carbocycles. The Hall–Kier alpha value is -2.75. The van der Waals surface area contributed by atoms with E-state index < -0.39 is 0 Å². The summed E-state index contributed by atoms with van der Waals surface area (Å²) in [5, 5.41) is 8.04. The van der Waals surface area contributed by atoms with Crippen LogP contribution in [0, 0.1) is 0 Å².